The van der Waals surface area contributed by atoms with Crippen LogP contribution in [0.3, 0.4) is 0 Å². The van der Waals surface area contributed by atoms with E-state index in [0.29, 0.717) is 5.65 Å². The van der Waals surface area contributed by atoms with Crippen molar-refractivity contribution in [2.75, 3.05) is 0 Å². The van der Waals surface area contributed by atoms with Crippen molar-refractivity contribution in [1.29, 1.82) is 0 Å². The Hall–Kier alpha value is -3.87. The van der Waals surface area contributed by atoms with Crippen molar-refractivity contribution in [3.63, 3.8) is 0 Å². The maximum absolute atomic E-state index is 4.74. The molecule has 0 aliphatic carbocycles. The molecule has 5 aromatic rings. The van der Waals surface area contributed by atoms with E-state index in [9.17, 15) is 0 Å². The van der Waals surface area contributed by atoms with Gasteiger partial charge >= 0.3 is 0 Å². The Bertz CT molecular complexity index is 1220. The van der Waals surface area contributed by atoms with Crippen molar-refractivity contribution in [1.82, 2.24) is 34.9 Å². The summed E-state index contributed by atoms with van der Waals surface area (Å²) < 4.78 is 1.76. The van der Waals surface area contributed by atoms with Gasteiger partial charge in [-0.2, -0.15) is 10.2 Å². The van der Waals surface area contributed by atoms with E-state index in [1.807, 2.05) is 55.7 Å². The van der Waals surface area contributed by atoms with Crippen LogP contribution in [-0.4, -0.2) is 34.9 Å². The first kappa shape index (κ1) is 15.4. The molecule has 7 heteroatoms. The lowest BCUT2D eigenvalue weighted by atomic mass is 10.0. The summed E-state index contributed by atoms with van der Waals surface area (Å²) in [4.78, 5) is 13.7. The standard InChI is InChI=1S/C20H15N7/c1-27-12-13(11-23-27)17-10-14(15-6-2-4-8-21-15)18-19(25-26-20(18)24-17)16-7-3-5-9-22-16/h2-12H,1H3,(H,24,25,26). The van der Waals surface area contributed by atoms with Crippen molar-refractivity contribution >= 4 is 11.0 Å². The van der Waals surface area contributed by atoms with Crippen LogP contribution in [0.25, 0.3) is 44.9 Å². The molecule has 0 atom stereocenters. The number of aromatic amines is 1. The zero-order valence-electron chi connectivity index (χ0n) is 14.5. The molecule has 0 aliphatic heterocycles. The fraction of sp³-hybridized carbons (Fsp3) is 0.0500. The molecule has 0 bridgehead atoms. The summed E-state index contributed by atoms with van der Waals surface area (Å²) in [6.45, 7) is 0. The number of hydrogen-bond acceptors (Lipinski definition) is 5. The second kappa shape index (κ2) is 6.14. The van der Waals surface area contributed by atoms with Crippen LogP contribution in [0.15, 0.2) is 67.3 Å². The lowest BCUT2D eigenvalue weighted by Gasteiger charge is -2.07. The van der Waals surface area contributed by atoms with Gasteiger partial charge in [0.05, 0.1) is 34.4 Å². The molecule has 5 rings (SSSR count). The van der Waals surface area contributed by atoms with E-state index in [1.54, 1.807) is 23.3 Å². The van der Waals surface area contributed by atoms with E-state index in [-0.39, 0.29) is 0 Å². The zero-order chi connectivity index (χ0) is 18.2. The Kier molecular flexibility index (Phi) is 3.50. The van der Waals surface area contributed by atoms with Crippen molar-refractivity contribution < 1.29 is 0 Å². The van der Waals surface area contributed by atoms with Crippen molar-refractivity contribution in [3.05, 3.63) is 67.3 Å². The number of hydrogen-bond donors (Lipinski definition) is 1. The highest BCUT2D eigenvalue weighted by Crippen LogP contribution is 2.35. The molecule has 0 amide bonds. The minimum absolute atomic E-state index is 0.623. The number of aromatic nitrogens is 7. The summed E-state index contributed by atoms with van der Waals surface area (Å²) in [5.41, 5.74) is 5.80. The van der Waals surface area contributed by atoms with Crippen LogP contribution in [0.4, 0.5) is 0 Å². The quantitative estimate of drug-likeness (QED) is 0.537. The molecule has 0 aromatic carbocycles. The highest BCUT2D eigenvalue weighted by Gasteiger charge is 2.18. The van der Waals surface area contributed by atoms with Gasteiger partial charge in [0.15, 0.2) is 5.65 Å². The highest BCUT2D eigenvalue weighted by molar-refractivity contribution is 6.02. The second-order valence-electron chi connectivity index (χ2n) is 6.18. The van der Waals surface area contributed by atoms with Gasteiger partial charge in [0.25, 0.3) is 0 Å². The number of H-pyrrole nitrogens is 1. The first-order valence-corrected chi connectivity index (χ1v) is 8.50. The minimum Gasteiger partial charge on any atom is -0.275 e. The summed E-state index contributed by atoms with van der Waals surface area (Å²) in [6.07, 6.45) is 7.27. The molecule has 0 unspecified atom stereocenters. The monoisotopic (exact) mass is 353 g/mol. The summed E-state index contributed by atoms with van der Waals surface area (Å²) in [6, 6.07) is 13.7. The molecule has 27 heavy (non-hydrogen) atoms. The van der Waals surface area contributed by atoms with Crippen molar-refractivity contribution in [2.45, 2.75) is 0 Å². The van der Waals surface area contributed by atoms with Gasteiger partial charge < -0.3 is 0 Å². The molecule has 0 fully saturated rings. The normalized spacial score (nSPS) is 11.1. The molecule has 5 aromatic heterocycles. The van der Waals surface area contributed by atoms with Gasteiger partial charge in [-0.1, -0.05) is 12.1 Å². The molecular weight excluding hydrogens is 338 g/mol. The molecule has 0 radical (unpaired) electrons. The number of nitrogens with one attached hydrogen (secondary N) is 1. The highest BCUT2D eigenvalue weighted by atomic mass is 15.2. The molecule has 1 N–H and O–H groups in total. The minimum atomic E-state index is 0.623. The summed E-state index contributed by atoms with van der Waals surface area (Å²) in [5, 5.41) is 12.7. The van der Waals surface area contributed by atoms with Crippen LogP contribution < -0.4 is 0 Å². The first-order chi connectivity index (χ1) is 13.3. The largest absolute Gasteiger partial charge is 0.275 e. The van der Waals surface area contributed by atoms with Gasteiger partial charge in [-0.25, -0.2) is 4.98 Å². The molecule has 5 heterocycles. The molecule has 0 saturated heterocycles. The second-order valence-corrected chi connectivity index (χ2v) is 6.18. The predicted molar refractivity (Wildman–Crippen MR) is 103 cm³/mol. The number of pyridine rings is 3. The molecule has 0 aliphatic rings. The smallest absolute Gasteiger partial charge is 0.182 e. The van der Waals surface area contributed by atoms with Gasteiger partial charge in [0, 0.05) is 36.8 Å². The SMILES string of the molecule is Cn1cc(-c2cc(-c3ccccn3)c3c(-c4ccccn4)[nH]nc3n2)cn1. The fourth-order valence-corrected chi connectivity index (χ4v) is 3.15. The first-order valence-electron chi connectivity index (χ1n) is 8.50. The zero-order valence-corrected chi connectivity index (χ0v) is 14.5. The Morgan fingerprint density at radius 2 is 1.70 bits per heavy atom. The summed E-state index contributed by atoms with van der Waals surface area (Å²) in [5.74, 6) is 0. The lowest BCUT2D eigenvalue weighted by molar-refractivity contribution is 0.768. The van der Waals surface area contributed by atoms with Gasteiger partial charge in [-0.15, -0.1) is 0 Å². The Morgan fingerprint density at radius 3 is 2.37 bits per heavy atom. The van der Waals surface area contributed by atoms with E-state index in [2.05, 4.69) is 25.3 Å². The molecule has 0 saturated carbocycles. The van der Waals surface area contributed by atoms with Crippen molar-refractivity contribution in [2.24, 2.45) is 7.05 Å². The Labute approximate surface area is 154 Å². The maximum Gasteiger partial charge on any atom is 0.182 e. The van der Waals surface area contributed by atoms with E-state index >= 15 is 0 Å². The van der Waals surface area contributed by atoms with Crippen LogP contribution in [0.1, 0.15) is 0 Å². The van der Waals surface area contributed by atoms with E-state index in [1.165, 1.54) is 0 Å². The average molecular weight is 353 g/mol. The summed E-state index contributed by atoms with van der Waals surface area (Å²) in [7, 11) is 1.88. The topological polar surface area (TPSA) is 85.2 Å². The van der Waals surface area contributed by atoms with Crippen molar-refractivity contribution in [3.8, 4) is 33.9 Å². The third-order valence-corrected chi connectivity index (χ3v) is 4.39. The van der Waals surface area contributed by atoms with Crippen LogP contribution in [0.2, 0.25) is 0 Å². The molecule has 7 nitrogen and oxygen atoms in total. The third-order valence-electron chi connectivity index (χ3n) is 4.39. The number of aryl methyl sites for hydroxylation is 1. The third kappa shape index (κ3) is 2.65. The Morgan fingerprint density at radius 1 is 0.926 bits per heavy atom. The fourth-order valence-electron chi connectivity index (χ4n) is 3.15. The van der Waals surface area contributed by atoms with Gasteiger partial charge in [-0.05, 0) is 30.3 Å². The molecular formula is C20H15N7. The average Bonchev–Trinajstić information content (AvgIpc) is 3.35. The molecule has 0 spiro atoms. The number of nitrogens with zero attached hydrogens (tertiary/aromatic N) is 6. The van der Waals surface area contributed by atoms with E-state index < -0.39 is 0 Å². The van der Waals surface area contributed by atoms with Gasteiger partial charge in [0.2, 0.25) is 0 Å². The van der Waals surface area contributed by atoms with Gasteiger partial charge in [-0.3, -0.25) is 19.7 Å². The molecule has 130 valence electrons. The Balaban J connectivity index is 1.82. The van der Waals surface area contributed by atoms with Gasteiger partial charge in [0.1, 0.15) is 0 Å². The summed E-state index contributed by atoms with van der Waals surface area (Å²) >= 11 is 0. The van der Waals surface area contributed by atoms with Crippen LogP contribution in [-0.2, 0) is 7.05 Å². The number of rotatable bonds is 3. The van der Waals surface area contributed by atoms with Crippen LogP contribution in [0.5, 0.6) is 0 Å². The number of fused-ring (bicyclic) bond motifs is 1. The predicted octanol–water partition coefficient (Wildman–Crippen LogP) is 3.48. The van der Waals surface area contributed by atoms with E-state index in [4.69, 9.17) is 4.98 Å². The maximum atomic E-state index is 4.74. The lowest BCUT2D eigenvalue weighted by Crippen LogP contribution is -1.91. The van der Waals surface area contributed by atoms with Crippen LogP contribution in [0, 0.1) is 0 Å². The van der Waals surface area contributed by atoms with Crippen LogP contribution >= 0.6 is 0 Å². The van der Waals surface area contributed by atoms with E-state index in [0.717, 1.165) is 39.3 Å².